The molecule has 5 heteroatoms. The van der Waals surface area contributed by atoms with Crippen LogP contribution in [0.5, 0.6) is 0 Å². The van der Waals surface area contributed by atoms with Crippen molar-refractivity contribution in [3.8, 4) is 0 Å². The number of rotatable bonds is 3. The third kappa shape index (κ3) is 8.48. The van der Waals surface area contributed by atoms with E-state index in [2.05, 4.69) is 3.07 Å². The lowest BCUT2D eigenvalue weighted by Crippen LogP contribution is -2.07. The minimum absolute atomic E-state index is 0.0481. The highest BCUT2D eigenvalue weighted by atomic mass is 127. The van der Waals surface area contributed by atoms with Crippen LogP contribution in [0.25, 0.3) is 0 Å². The molecule has 0 amide bonds. The summed E-state index contributed by atoms with van der Waals surface area (Å²) < 4.78 is 38.4. The molecule has 0 aromatic rings. The fourth-order valence-electron chi connectivity index (χ4n) is 0.327. The fourth-order valence-corrected chi connectivity index (χ4v) is 0.639. The zero-order valence-electron chi connectivity index (χ0n) is 4.54. The Morgan fingerprint density at radius 1 is 1.33 bits per heavy atom. The van der Waals surface area contributed by atoms with Gasteiger partial charge in [0.05, 0.1) is 6.61 Å². The largest absolute Gasteiger partial charge is 0.389 e. The van der Waals surface area contributed by atoms with Gasteiger partial charge in [-0.1, -0.05) is 0 Å². The first kappa shape index (κ1) is 9.48. The first-order chi connectivity index (χ1) is 4.06. The van der Waals surface area contributed by atoms with Crippen LogP contribution < -0.4 is 0 Å². The summed E-state index contributed by atoms with van der Waals surface area (Å²) in [5.74, 6) is 0. The van der Waals surface area contributed by atoms with E-state index >= 15 is 0 Å². The van der Waals surface area contributed by atoms with Crippen LogP contribution >= 0.6 is 23.0 Å². The zero-order chi connectivity index (χ0) is 7.33. The molecule has 0 unspecified atom stereocenters. The van der Waals surface area contributed by atoms with Gasteiger partial charge in [0.15, 0.2) is 0 Å². The molecule has 0 bridgehead atoms. The Labute approximate surface area is 65.3 Å². The van der Waals surface area contributed by atoms with Gasteiger partial charge in [-0.2, -0.15) is 13.2 Å². The van der Waals surface area contributed by atoms with Crippen molar-refractivity contribution in [3.63, 3.8) is 0 Å². The molecule has 0 saturated carbocycles. The van der Waals surface area contributed by atoms with Gasteiger partial charge < -0.3 is 3.07 Å². The molecule has 0 atom stereocenters. The van der Waals surface area contributed by atoms with E-state index in [0.29, 0.717) is 0 Å². The Morgan fingerprint density at radius 3 is 2.22 bits per heavy atom. The van der Waals surface area contributed by atoms with Crippen LogP contribution in [0.15, 0.2) is 0 Å². The van der Waals surface area contributed by atoms with Gasteiger partial charge in [0.25, 0.3) is 0 Å². The minimum Gasteiger partial charge on any atom is -0.316 e. The lowest BCUT2D eigenvalue weighted by molar-refractivity contribution is -0.136. The van der Waals surface area contributed by atoms with Crippen LogP contribution in [-0.2, 0) is 3.07 Å². The highest BCUT2D eigenvalue weighted by Gasteiger charge is 2.25. The first-order valence-corrected chi connectivity index (χ1v) is 3.24. The van der Waals surface area contributed by atoms with E-state index < -0.39 is 12.6 Å². The predicted octanol–water partition coefficient (Wildman–Crippen LogP) is 2.70. The van der Waals surface area contributed by atoms with E-state index in [1.165, 1.54) is 0 Å². The van der Waals surface area contributed by atoms with E-state index in [9.17, 15) is 13.2 Å². The average molecular weight is 254 g/mol. The van der Waals surface area contributed by atoms with E-state index in [1.54, 1.807) is 23.0 Å². The highest BCUT2D eigenvalue weighted by molar-refractivity contribution is 14.1. The Bertz CT molecular complexity index is 72.7. The number of hydrogen-bond acceptors (Lipinski definition) is 1. The molecule has 0 aromatic heterocycles. The van der Waals surface area contributed by atoms with E-state index in [1.807, 2.05) is 0 Å². The zero-order valence-corrected chi connectivity index (χ0v) is 6.70. The highest BCUT2D eigenvalue weighted by Crippen LogP contribution is 2.21. The summed E-state index contributed by atoms with van der Waals surface area (Å²) in [4.78, 5) is 0. The van der Waals surface area contributed by atoms with Crippen molar-refractivity contribution in [1.82, 2.24) is 0 Å². The van der Waals surface area contributed by atoms with Crippen molar-refractivity contribution in [1.29, 1.82) is 0 Å². The van der Waals surface area contributed by atoms with E-state index in [4.69, 9.17) is 0 Å². The second-order valence-corrected chi connectivity index (χ2v) is 2.15. The maximum absolute atomic E-state index is 11.3. The van der Waals surface area contributed by atoms with Crippen LogP contribution in [-0.4, -0.2) is 12.8 Å². The smallest absolute Gasteiger partial charge is 0.316 e. The Balaban J connectivity index is 3.07. The monoisotopic (exact) mass is 254 g/mol. The van der Waals surface area contributed by atoms with Crippen molar-refractivity contribution in [2.45, 2.75) is 19.0 Å². The van der Waals surface area contributed by atoms with Gasteiger partial charge in [-0.15, -0.1) is 0 Å². The molecule has 0 N–H and O–H groups in total. The molecule has 0 spiro atoms. The Kier molecular flexibility index (Phi) is 4.55. The summed E-state index contributed by atoms with van der Waals surface area (Å²) in [5, 5.41) is 0. The number of halogens is 4. The van der Waals surface area contributed by atoms with Crippen molar-refractivity contribution in [2.24, 2.45) is 0 Å². The van der Waals surface area contributed by atoms with E-state index in [0.717, 1.165) is 0 Å². The predicted molar refractivity (Wildman–Crippen MR) is 35.3 cm³/mol. The summed E-state index contributed by atoms with van der Waals surface area (Å²) in [6.45, 7) is 0.167. The SMILES string of the molecule is FC(F)(F)CCCOI. The molecule has 0 aromatic carbocycles. The second kappa shape index (κ2) is 4.32. The molecule has 9 heavy (non-hydrogen) atoms. The van der Waals surface area contributed by atoms with E-state index in [-0.39, 0.29) is 13.0 Å². The third-order valence-electron chi connectivity index (χ3n) is 0.682. The van der Waals surface area contributed by atoms with Crippen molar-refractivity contribution < 1.29 is 16.2 Å². The van der Waals surface area contributed by atoms with Crippen molar-refractivity contribution in [3.05, 3.63) is 0 Å². The Morgan fingerprint density at radius 2 is 1.89 bits per heavy atom. The molecule has 0 aliphatic carbocycles. The summed E-state index contributed by atoms with van der Waals surface area (Å²) in [7, 11) is 0. The first-order valence-electron chi connectivity index (χ1n) is 2.36. The van der Waals surface area contributed by atoms with Gasteiger partial charge >= 0.3 is 6.18 Å². The Hall–Kier alpha value is 0.480. The van der Waals surface area contributed by atoms with Gasteiger partial charge in [-0.25, -0.2) is 0 Å². The average Bonchev–Trinajstić information content (AvgIpc) is 1.63. The van der Waals surface area contributed by atoms with Gasteiger partial charge in [0.1, 0.15) is 23.0 Å². The van der Waals surface area contributed by atoms with Crippen LogP contribution in [0.1, 0.15) is 12.8 Å². The number of hydrogen-bond donors (Lipinski definition) is 0. The van der Waals surface area contributed by atoms with Crippen LogP contribution in [0, 0.1) is 0 Å². The molecule has 0 aliphatic rings. The topological polar surface area (TPSA) is 9.23 Å². The fraction of sp³-hybridized carbons (Fsp3) is 1.00. The molecule has 0 aliphatic heterocycles. The van der Waals surface area contributed by atoms with Crippen molar-refractivity contribution in [2.75, 3.05) is 6.61 Å². The van der Waals surface area contributed by atoms with Gasteiger partial charge in [-0.3, -0.25) is 0 Å². The molecule has 1 nitrogen and oxygen atoms in total. The maximum Gasteiger partial charge on any atom is 0.389 e. The normalized spacial score (nSPS) is 12.0. The van der Waals surface area contributed by atoms with Crippen LogP contribution in [0.2, 0.25) is 0 Å². The molecule has 0 heterocycles. The third-order valence-corrected chi connectivity index (χ3v) is 1.12. The van der Waals surface area contributed by atoms with Crippen LogP contribution in [0.4, 0.5) is 13.2 Å². The lowest BCUT2D eigenvalue weighted by atomic mass is 10.3. The van der Waals surface area contributed by atoms with Gasteiger partial charge in [-0.05, 0) is 6.42 Å². The van der Waals surface area contributed by atoms with Gasteiger partial charge in [0, 0.05) is 6.42 Å². The van der Waals surface area contributed by atoms with Gasteiger partial charge in [0.2, 0.25) is 0 Å². The van der Waals surface area contributed by atoms with Crippen molar-refractivity contribution >= 4 is 23.0 Å². The molecule has 0 fully saturated rings. The quantitative estimate of drug-likeness (QED) is 0.555. The summed E-state index contributed by atoms with van der Waals surface area (Å²) in [6.07, 6.45) is -4.74. The second-order valence-electron chi connectivity index (χ2n) is 1.53. The maximum atomic E-state index is 11.3. The molecule has 0 saturated heterocycles. The summed E-state index contributed by atoms with van der Waals surface area (Å²) in [6, 6.07) is 0. The molecular formula is C4H6F3IO. The lowest BCUT2D eigenvalue weighted by Gasteiger charge is -2.02. The summed E-state index contributed by atoms with van der Waals surface area (Å²) >= 11 is 1.57. The molecule has 0 radical (unpaired) electrons. The standard InChI is InChI=1S/C4H6F3IO/c5-4(6,7)2-1-3-9-8/h1-3H2. The number of alkyl halides is 3. The molecule has 0 rings (SSSR count). The van der Waals surface area contributed by atoms with Crippen LogP contribution in [0.3, 0.4) is 0 Å². The molecular weight excluding hydrogens is 248 g/mol. The minimum atomic E-state index is -4.03. The molecule has 56 valence electrons. The summed E-state index contributed by atoms with van der Waals surface area (Å²) in [5.41, 5.74) is 0.